The van der Waals surface area contributed by atoms with Gasteiger partial charge in [-0.05, 0) is 31.2 Å². The van der Waals surface area contributed by atoms with Gasteiger partial charge in [0.1, 0.15) is 11.5 Å². The van der Waals surface area contributed by atoms with Crippen molar-refractivity contribution in [3.05, 3.63) is 42.1 Å². The minimum atomic E-state index is -0.0587. The van der Waals surface area contributed by atoms with Gasteiger partial charge in [-0.3, -0.25) is 9.78 Å². The van der Waals surface area contributed by atoms with Crippen LogP contribution >= 0.6 is 0 Å². The van der Waals surface area contributed by atoms with Gasteiger partial charge in [-0.2, -0.15) is 4.52 Å². The second-order valence-electron chi connectivity index (χ2n) is 4.15. The molecule has 0 unspecified atom stereocenters. The van der Waals surface area contributed by atoms with Crippen molar-refractivity contribution in [2.75, 3.05) is 5.73 Å². The molecule has 0 aromatic carbocycles. The van der Waals surface area contributed by atoms with Crippen molar-refractivity contribution in [3.63, 3.8) is 0 Å². The fraction of sp³-hybridized carbons (Fsp3) is 0.0769. The first-order valence-corrected chi connectivity index (χ1v) is 5.74. The highest BCUT2D eigenvalue weighted by Crippen LogP contribution is 2.17. The summed E-state index contributed by atoms with van der Waals surface area (Å²) in [5.74, 6) is 0.793. The average molecular weight is 253 g/mol. The van der Waals surface area contributed by atoms with Crippen LogP contribution in [0.5, 0.6) is 0 Å². The number of pyridine rings is 2. The molecule has 19 heavy (non-hydrogen) atoms. The van der Waals surface area contributed by atoms with Gasteiger partial charge in [-0.25, -0.2) is 4.98 Å². The molecular weight excluding hydrogens is 242 g/mol. The molecule has 0 aliphatic rings. The van der Waals surface area contributed by atoms with Crippen LogP contribution in [0.1, 0.15) is 17.3 Å². The molecule has 0 saturated heterocycles. The van der Waals surface area contributed by atoms with Crippen LogP contribution in [0.3, 0.4) is 0 Å². The number of carbonyl (C=O) groups excluding carboxylic acids is 1. The molecule has 3 aromatic rings. The van der Waals surface area contributed by atoms with Crippen LogP contribution in [0.25, 0.3) is 17.2 Å². The predicted octanol–water partition coefficient (Wildman–Crippen LogP) is 1.58. The van der Waals surface area contributed by atoms with Crippen molar-refractivity contribution in [1.29, 1.82) is 0 Å². The Morgan fingerprint density at radius 3 is 2.84 bits per heavy atom. The molecule has 0 atom stereocenters. The van der Waals surface area contributed by atoms with Crippen molar-refractivity contribution in [2.45, 2.75) is 6.92 Å². The van der Waals surface area contributed by atoms with Gasteiger partial charge >= 0.3 is 0 Å². The number of hydrogen-bond acceptors (Lipinski definition) is 5. The fourth-order valence-electron chi connectivity index (χ4n) is 1.82. The first-order valence-electron chi connectivity index (χ1n) is 5.74. The number of anilines is 1. The predicted molar refractivity (Wildman–Crippen MR) is 70.6 cm³/mol. The number of aromatic nitrogens is 4. The van der Waals surface area contributed by atoms with Gasteiger partial charge in [0.2, 0.25) is 5.82 Å². The van der Waals surface area contributed by atoms with E-state index in [1.807, 2.05) is 18.2 Å². The SMILES string of the molecule is CC(=O)c1cc(N)n2nc(-c3ccccn3)nc2c1. The largest absolute Gasteiger partial charge is 0.384 e. The van der Waals surface area contributed by atoms with E-state index in [4.69, 9.17) is 5.73 Å². The molecule has 0 fully saturated rings. The van der Waals surface area contributed by atoms with Crippen molar-refractivity contribution in [1.82, 2.24) is 19.6 Å². The Labute approximate surface area is 108 Å². The lowest BCUT2D eigenvalue weighted by Gasteiger charge is -2.00. The molecule has 0 bridgehead atoms. The van der Waals surface area contributed by atoms with E-state index in [-0.39, 0.29) is 5.78 Å². The van der Waals surface area contributed by atoms with E-state index in [1.54, 1.807) is 18.3 Å². The molecule has 6 heteroatoms. The first kappa shape index (κ1) is 11.3. The number of carbonyl (C=O) groups is 1. The van der Waals surface area contributed by atoms with Crippen LogP contribution in [-0.2, 0) is 0 Å². The maximum Gasteiger partial charge on any atom is 0.200 e. The number of ketones is 1. The summed E-state index contributed by atoms with van der Waals surface area (Å²) in [6.07, 6.45) is 1.67. The average Bonchev–Trinajstić information content (AvgIpc) is 2.84. The van der Waals surface area contributed by atoms with E-state index < -0.39 is 0 Å². The van der Waals surface area contributed by atoms with Crippen LogP contribution in [0.2, 0.25) is 0 Å². The zero-order valence-electron chi connectivity index (χ0n) is 10.2. The quantitative estimate of drug-likeness (QED) is 0.700. The highest BCUT2D eigenvalue weighted by molar-refractivity contribution is 5.95. The van der Waals surface area contributed by atoms with Crippen molar-refractivity contribution in [3.8, 4) is 11.5 Å². The van der Waals surface area contributed by atoms with Crippen LogP contribution in [0.15, 0.2) is 36.5 Å². The highest BCUT2D eigenvalue weighted by atomic mass is 16.1. The van der Waals surface area contributed by atoms with Gasteiger partial charge in [-0.1, -0.05) is 6.07 Å². The van der Waals surface area contributed by atoms with Crippen molar-refractivity contribution < 1.29 is 4.79 Å². The maximum atomic E-state index is 11.4. The molecule has 3 heterocycles. The summed E-state index contributed by atoms with van der Waals surface area (Å²) >= 11 is 0. The molecular formula is C13H11N5O. The van der Waals surface area contributed by atoms with Crippen LogP contribution < -0.4 is 5.73 Å². The lowest BCUT2D eigenvalue weighted by atomic mass is 10.2. The van der Waals surface area contributed by atoms with Gasteiger partial charge in [0.05, 0.1) is 0 Å². The molecule has 94 valence electrons. The van der Waals surface area contributed by atoms with Gasteiger partial charge in [0.15, 0.2) is 11.4 Å². The Morgan fingerprint density at radius 1 is 1.32 bits per heavy atom. The first-order chi connectivity index (χ1) is 9.15. The van der Waals surface area contributed by atoms with E-state index >= 15 is 0 Å². The summed E-state index contributed by atoms with van der Waals surface area (Å²) in [7, 11) is 0. The fourth-order valence-corrected chi connectivity index (χ4v) is 1.82. The summed E-state index contributed by atoms with van der Waals surface area (Å²) in [6, 6.07) is 8.75. The Hall–Kier alpha value is -2.76. The standard InChI is InChI=1S/C13H11N5O/c1-8(19)9-6-11(14)18-12(7-9)16-13(17-18)10-4-2-3-5-15-10/h2-7H,14H2,1H3. The van der Waals surface area contributed by atoms with E-state index in [2.05, 4.69) is 15.1 Å². The second-order valence-corrected chi connectivity index (χ2v) is 4.15. The molecule has 0 aliphatic carbocycles. The summed E-state index contributed by atoms with van der Waals surface area (Å²) in [6.45, 7) is 1.49. The highest BCUT2D eigenvalue weighted by Gasteiger charge is 2.11. The smallest absolute Gasteiger partial charge is 0.200 e. The maximum absolute atomic E-state index is 11.4. The molecule has 0 saturated carbocycles. The Bertz CT molecular complexity index is 763. The van der Waals surface area contributed by atoms with E-state index in [9.17, 15) is 4.79 Å². The Balaban J connectivity index is 2.21. The monoisotopic (exact) mass is 253 g/mol. The van der Waals surface area contributed by atoms with Crippen LogP contribution in [0, 0.1) is 0 Å². The Morgan fingerprint density at radius 2 is 2.16 bits per heavy atom. The van der Waals surface area contributed by atoms with E-state index in [0.717, 1.165) is 0 Å². The molecule has 6 nitrogen and oxygen atoms in total. The topological polar surface area (TPSA) is 86.2 Å². The summed E-state index contributed by atoms with van der Waals surface area (Å²) < 4.78 is 1.50. The van der Waals surface area contributed by atoms with Gasteiger partial charge < -0.3 is 5.73 Å². The number of hydrogen-bond donors (Lipinski definition) is 1. The third kappa shape index (κ3) is 1.93. The Kier molecular flexibility index (Phi) is 2.49. The lowest BCUT2D eigenvalue weighted by molar-refractivity contribution is 0.101. The van der Waals surface area contributed by atoms with Gasteiger partial charge in [-0.15, -0.1) is 5.10 Å². The molecule has 0 aliphatic heterocycles. The van der Waals surface area contributed by atoms with Crippen LogP contribution in [0.4, 0.5) is 5.82 Å². The van der Waals surface area contributed by atoms with Crippen molar-refractivity contribution in [2.24, 2.45) is 0 Å². The molecule has 0 radical (unpaired) electrons. The third-order valence-corrected chi connectivity index (χ3v) is 2.77. The molecule has 3 aromatic heterocycles. The van der Waals surface area contributed by atoms with E-state index in [0.29, 0.717) is 28.5 Å². The molecule has 3 rings (SSSR count). The number of fused-ring (bicyclic) bond motifs is 1. The molecule has 0 amide bonds. The second kappa shape index (κ2) is 4.16. The molecule has 2 N–H and O–H groups in total. The minimum absolute atomic E-state index is 0.0587. The number of nitrogen functional groups attached to an aromatic ring is 1. The van der Waals surface area contributed by atoms with Crippen LogP contribution in [-0.4, -0.2) is 25.4 Å². The summed E-state index contributed by atoms with van der Waals surface area (Å²) in [5, 5.41) is 4.29. The molecule has 0 spiro atoms. The van der Waals surface area contributed by atoms with Crippen molar-refractivity contribution >= 4 is 17.2 Å². The number of rotatable bonds is 2. The minimum Gasteiger partial charge on any atom is -0.384 e. The summed E-state index contributed by atoms with van der Waals surface area (Å²) in [5.41, 5.74) is 7.59. The van der Waals surface area contributed by atoms with E-state index in [1.165, 1.54) is 11.4 Å². The van der Waals surface area contributed by atoms with Gasteiger partial charge in [0, 0.05) is 11.8 Å². The lowest BCUT2D eigenvalue weighted by Crippen LogP contribution is -2.02. The number of Topliss-reactive ketones (excluding diaryl/α,β-unsaturated/α-hetero) is 1. The number of nitrogens with zero attached hydrogens (tertiary/aromatic N) is 4. The third-order valence-electron chi connectivity index (χ3n) is 2.77. The normalized spacial score (nSPS) is 10.8. The van der Waals surface area contributed by atoms with Gasteiger partial charge in [0.25, 0.3) is 0 Å². The zero-order valence-corrected chi connectivity index (χ0v) is 10.2. The zero-order chi connectivity index (χ0) is 13.4. The summed E-state index contributed by atoms with van der Waals surface area (Å²) in [4.78, 5) is 19.9. The number of nitrogens with two attached hydrogens (primary N) is 1.